The third-order valence-electron chi connectivity index (χ3n) is 2.61. The van der Waals surface area contributed by atoms with Crippen LogP contribution in [0.15, 0.2) is 29.7 Å². The highest BCUT2D eigenvalue weighted by Gasteiger charge is 2.16. The molecule has 0 fully saturated rings. The van der Waals surface area contributed by atoms with Gasteiger partial charge >= 0.3 is 0 Å². The molecule has 0 aromatic carbocycles. The molecule has 0 amide bonds. The van der Waals surface area contributed by atoms with Crippen LogP contribution in [0.4, 0.5) is 5.69 Å². The zero-order chi connectivity index (χ0) is 14.4. The van der Waals surface area contributed by atoms with E-state index in [1.54, 1.807) is 4.68 Å². The van der Waals surface area contributed by atoms with E-state index in [1.807, 2.05) is 0 Å². The van der Waals surface area contributed by atoms with E-state index in [1.165, 1.54) is 24.8 Å². The SMILES string of the molecule is CCCNCCn1cc(S(=O)(=O)Nc2cn[nH]c2)cn1. The fraction of sp³-hybridized carbons (Fsp3) is 0.455. The summed E-state index contributed by atoms with van der Waals surface area (Å²) in [5, 5.41) is 13.5. The van der Waals surface area contributed by atoms with E-state index >= 15 is 0 Å². The highest BCUT2D eigenvalue weighted by Crippen LogP contribution is 2.13. The minimum absolute atomic E-state index is 0.134. The van der Waals surface area contributed by atoms with E-state index in [2.05, 4.69) is 32.3 Å². The van der Waals surface area contributed by atoms with E-state index in [0.29, 0.717) is 12.2 Å². The standard InChI is InChI=1S/C11H18N6O2S/c1-2-3-12-4-5-17-9-11(8-15-17)20(18,19)16-10-6-13-14-7-10/h6-9,12,16H,2-5H2,1H3,(H,13,14). The van der Waals surface area contributed by atoms with Crippen molar-refractivity contribution in [2.45, 2.75) is 24.8 Å². The summed E-state index contributed by atoms with van der Waals surface area (Å²) < 4.78 is 28.2. The Labute approximate surface area is 117 Å². The Balaban J connectivity index is 1.97. The van der Waals surface area contributed by atoms with Crippen LogP contribution in [0.5, 0.6) is 0 Å². The van der Waals surface area contributed by atoms with Crippen molar-refractivity contribution in [2.24, 2.45) is 0 Å². The van der Waals surface area contributed by atoms with Gasteiger partial charge in [-0.2, -0.15) is 10.2 Å². The van der Waals surface area contributed by atoms with E-state index in [0.717, 1.165) is 19.5 Å². The molecule has 0 unspecified atom stereocenters. The molecule has 8 nitrogen and oxygen atoms in total. The highest BCUT2D eigenvalue weighted by atomic mass is 32.2. The van der Waals surface area contributed by atoms with Crippen LogP contribution >= 0.6 is 0 Å². The van der Waals surface area contributed by atoms with Gasteiger partial charge in [0.15, 0.2) is 0 Å². The number of hydrogen-bond donors (Lipinski definition) is 3. The van der Waals surface area contributed by atoms with Crippen LogP contribution < -0.4 is 10.0 Å². The number of aromatic amines is 1. The van der Waals surface area contributed by atoms with Gasteiger partial charge in [0.05, 0.1) is 24.6 Å². The maximum Gasteiger partial charge on any atom is 0.265 e. The second kappa shape index (κ2) is 6.53. The van der Waals surface area contributed by atoms with Crippen molar-refractivity contribution in [3.8, 4) is 0 Å². The first kappa shape index (κ1) is 14.5. The lowest BCUT2D eigenvalue weighted by atomic mass is 10.5. The number of sulfonamides is 1. The number of anilines is 1. The van der Waals surface area contributed by atoms with Gasteiger partial charge in [0.25, 0.3) is 10.0 Å². The highest BCUT2D eigenvalue weighted by molar-refractivity contribution is 7.92. The van der Waals surface area contributed by atoms with Gasteiger partial charge in [-0.3, -0.25) is 14.5 Å². The topological polar surface area (TPSA) is 105 Å². The molecule has 2 aromatic rings. The second-order valence-corrected chi connectivity index (χ2v) is 5.96. The molecule has 0 saturated carbocycles. The zero-order valence-corrected chi connectivity index (χ0v) is 12.0. The monoisotopic (exact) mass is 298 g/mol. The Morgan fingerprint density at radius 2 is 2.20 bits per heavy atom. The molecule has 0 spiro atoms. The molecule has 0 saturated heterocycles. The summed E-state index contributed by atoms with van der Waals surface area (Å²) in [6, 6.07) is 0. The molecular formula is C11H18N6O2S. The molecule has 0 bridgehead atoms. The van der Waals surface area contributed by atoms with Gasteiger partial charge in [-0.15, -0.1) is 0 Å². The van der Waals surface area contributed by atoms with Crippen molar-refractivity contribution < 1.29 is 8.42 Å². The van der Waals surface area contributed by atoms with Crippen LogP contribution in [0.1, 0.15) is 13.3 Å². The number of aromatic nitrogens is 4. The molecule has 9 heteroatoms. The third-order valence-corrected chi connectivity index (χ3v) is 3.95. The third kappa shape index (κ3) is 3.81. The minimum Gasteiger partial charge on any atom is -0.315 e. The van der Waals surface area contributed by atoms with Gasteiger partial charge in [-0.25, -0.2) is 8.42 Å². The first-order chi connectivity index (χ1) is 9.62. The van der Waals surface area contributed by atoms with Crippen LogP contribution in [0.2, 0.25) is 0 Å². The lowest BCUT2D eigenvalue weighted by Crippen LogP contribution is -2.20. The van der Waals surface area contributed by atoms with Crippen molar-refractivity contribution in [1.82, 2.24) is 25.3 Å². The van der Waals surface area contributed by atoms with E-state index < -0.39 is 10.0 Å². The number of nitrogens with zero attached hydrogens (tertiary/aromatic N) is 3. The van der Waals surface area contributed by atoms with Crippen molar-refractivity contribution in [2.75, 3.05) is 17.8 Å². The maximum atomic E-state index is 12.1. The largest absolute Gasteiger partial charge is 0.315 e. The molecule has 2 aromatic heterocycles. The van der Waals surface area contributed by atoms with Crippen LogP contribution in [0.3, 0.4) is 0 Å². The molecule has 2 rings (SSSR count). The Hall–Kier alpha value is -1.87. The predicted octanol–water partition coefficient (Wildman–Crippen LogP) is 0.407. The smallest absolute Gasteiger partial charge is 0.265 e. The van der Waals surface area contributed by atoms with Crippen LogP contribution in [0, 0.1) is 0 Å². The molecule has 0 aliphatic heterocycles. The second-order valence-electron chi connectivity index (χ2n) is 4.28. The number of H-pyrrole nitrogens is 1. The average Bonchev–Trinajstić information content (AvgIpc) is 3.05. The minimum atomic E-state index is -3.61. The summed E-state index contributed by atoms with van der Waals surface area (Å²) in [6.07, 6.45) is 6.78. The Kier molecular flexibility index (Phi) is 4.74. The van der Waals surface area contributed by atoms with Crippen molar-refractivity contribution >= 4 is 15.7 Å². The van der Waals surface area contributed by atoms with Crippen molar-refractivity contribution in [1.29, 1.82) is 0 Å². The number of hydrogen-bond acceptors (Lipinski definition) is 5. The summed E-state index contributed by atoms with van der Waals surface area (Å²) in [6.45, 7) is 4.41. The fourth-order valence-electron chi connectivity index (χ4n) is 1.62. The molecule has 0 radical (unpaired) electrons. The van der Waals surface area contributed by atoms with Crippen LogP contribution in [-0.4, -0.2) is 41.5 Å². The van der Waals surface area contributed by atoms with Crippen molar-refractivity contribution in [3.63, 3.8) is 0 Å². The average molecular weight is 298 g/mol. The predicted molar refractivity (Wildman–Crippen MR) is 74.8 cm³/mol. The van der Waals surface area contributed by atoms with Gasteiger partial charge in [0.2, 0.25) is 0 Å². The Morgan fingerprint density at radius 1 is 1.35 bits per heavy atom. The molecule has 0 aliphatic carbocycles. The number of nitrogens with one attached hydrogen (secondary N) is 3. The zero-order valence-electron chi connectivity index (χ0n) is 11.2. The van der Waals surface area contributed by atoms with E-state index in [4.69, 9.17) is 0 Å². The molecule has 0 atom stereocenters. The molecular weight excluding hydrogens is 280 g/mol. The molecule has 2 heterocycles. The van der Waals surface area contributed by atoms with Gasteiger partial charge in [-0.1, -0.05) is 6.92 Å². The summed E-state index contributed by atoms with van der Waals surface area (Å²) in [4.78, 5) is 0.134. The van der Waals surface area contributed by atoms with Gasteiger partial charge < -0.3 is 5.32 Å². The quantitative estimate of drug-likeness (QED) is 0.612. The van der Waals surface area contributed by atoms with E-state index in [9.17, 15) is 8.42 Å². The lowest BCUT2D eigenvalue weighted by molar-refractivity contribution is 0.552. The van der Waals surface area contributed by atoms with Gasteiger partial charge in [-0.05, 0) is 13.0 Å². The molecule has 3 N–H and O–H groups in total. The first-order valence-electron chi connectivity index (χ1n) is 6.36. The normalized spacial score (nSPS) is 11.7. The van der Waals surface area contributed by atoms with Gasteiger partial charge in [0, 0.05) is 18.9 Å². The van der Waals surface area contributed by atoms with Crippen LogP contribution in [-0.2, 0) is 16.6 Å². The Morgan fingerprint density at radius 3 is 2.90 bits per heavy atom. The molecule has 110 valence electrons. The van der Waals surface area contributed by atoms with Crippen LogP contribution in [0.25, 0.3) is 0 Å². The van der Waals surface area contributed by atoms with Gasteiger partial charge in [0.1, 0.15) is 4.90 Å². The Bertz CT molecular complexity index is 619. The lowest BCUT2D eigenvalue weighted by Gasteiger charge is -2.03. The summed E-state index contributed by atoms with van der Waals surface area (Å²) in [5.41, 5.74) is 0.391. The fourth-order valence-corrected chi connectivity index (χ4v) is 2.61. The maximum absolute atomic E-state index is 12.1. The number of rotatable bonds is 8. The first-order valence-corrected chi connectivity index (χ1v) is 7.85. The molecule has 20 heavy (non-hydrogen) atoms. The van der Waals surface area contributed by atoms with Crippen molar-refractivity contribution in [3.05, 3.63) is 24.8 Å². The summed E-state index contributed by atoms with van der Waals surface area (Å²) >= 11 is 0. The van der Waals surface area contributed by atoms with E-state index in [-0.39, 0.29) is 4.90 Å². The molecule has 0 aliphatic rings. The summed E-state index contributed by atoms with van der Waals surface area (Å²) in [5.74, 6) is 0. The summed E-state index contributed by atoms with van der Waals surface area (Å²) in [7, 11) is -3.61.